The van der Waals surface area contributed by atoms with E-state index in [9.17, 15) is 18.4 Å². The van der Waals surface area contributed by atoms with Gasteiger partial charge >= 0.3 is 0 Å². The van der Waals surface area contributed by atoms with E-state index >= 15 is 0 Å². The van der Waals surface area contributed by atoms with Gasteiger partial charge in [-0.25, -0.2) is 8.78 Å². The summed E-state index contributed by atoms with van der Waals surface area (Å²) in [5.41, 5.74) is 1.31. The summed E-state index contributed by atoms with van der Waals surface area (Å²) in [7, 11) is 0. The van der Waals surface area contributed by atoms with Gasteiger partial charge in [-0.2, -0.15) is 0 Å². The zero-order valence-electron chi connectivity index (χ0n) is 13.2. The molecule has 126 valence electrons. The molecule has 0 radical (unpaired) electrons. The van der Waals surface area contributed by atoms with Gasteiger partial charge in [-0.1, -0.05) is 12.1 Å². The largest absolute Gasteiger partial charge is 0.346 e. The number of carbonyl (C=O) groups excluding carboxylic acids is 1. The van der Waals surface area contributed by atoms with E-state index in [1.54, 1.807) is 12.1 Å². The molecule has 3 aromatic rings. The average Bonchev–Trinajstić information content (AvgIpc) is 2.60. The molecule has 0 saturated carbocycles. The van der Waals surface area contributed by atoms with Gasteiger partial charge < -0.3 is 9.88 Å². The van der Waals surface area contributed by atoms with E-state index < -0.39 is 23.0 Å². The van der Waals surface area contributed by atoms with Crippen molar-refractivity contribution in [2.75, 3.05) is 5.32 Å². The number of aryl methyl sites for hydroxylation is 2. The van der Waals surface area contributed by atoms with Gasteiger partial charge in [-0.15, -0.1) is 0 Å². The lowest BCUT2D eigenvalue weighted by molar-refractivity contribution is 0.102. The summed E-state index contributed by atoms with van der Waals surface area (Å²) >= 11 is 0. The summed E-state index contributed by atoms with van der Waals surface area (Å²) in [6.07, 6.45) is 3.33. The van der Waals surface area contributed by atoms with Gasteiger partial charge in [0, 0.05) is 24.2 Å². The van der Waals surface area contributed by atoms with Crippen LogP contribution in [0.1, 0.15) is 22.3 Å². The van der Waals surface area contributed by atoms with Crippen LogP contribution in [0.15, 0.2) is 47.4 Å². The van der Waals surface area contributed by atoms with Crippen molar-refractivity contribution in [1.82, 2.24) is 4.57 Å². The van der Waals surface area contributed by atoms with Gasteiger partial charge in [0.2, 0.25) is 5.43 Å². The first-order valence-corrected chi connectivity index (χ1v) is 7.96. The number of halogens is 2. The molecular weight excluding hydrogens is 326 g/mol. The van der Waals surface area contributed by atoms with E-state index in [1.165, 1.54) is 6.20 Å². The van der Waals surface area contributed by atoms with Gasteiger partial charge in [0.25, 0.3) is 5.91 Å². The van der Waals surface area contributed by atoms with Crippen LogP contribution in [0.25, 0.3) is 10.9 Å². The van der Waals surface area contributed by atoms with Gasteiger partial charge in [0.05, 0.1) is 11.2 Å². The van der Waals surface area contributed by atoms with Crippen molar-refractivity contribution in [3.63, 3.8) is 0 Å². The summed E-state index contributed by atoms with van der Waals surface area (Å²) in [6, 6.07) is 8.32. The first-order valence-electron chi connectivity index (χ1n) is 7.96. The normalized spacial score (nSPS) is 13.0. The van der Waals surface area contributed by atoms with Crippen molar-refractivity contribution in [3.8, 4) is 0 Å². The lowest BCUT2D eigenvalue weighted by Gasteiger charge is -2.20. The van der Waals surface area contributed by atoms with Crippen molar-refractivity contribution in [3.05, 3.63) is 75.6 Å². The first kappa shape index (κ1) is 15.5. The Morgan fingerprint density at radius 1 is 1.16 bits per heavy atom. The van der Waals surface area contributed by atoms with E-state index in [0.717, 1.165) is 36.1 Å². The smallest absolute Gasteiger partial charge is 0.261 e. The number of pyridine rings is 1. The molecule has 4 nitrogen and oxygen atoms in total. The van der Waals surface area contributed by atoms with Crippen LogP contribution in [0, 0.1) is 11.6 Å². The number of hydrogen-bond donors (Lipinski definition) is 1. The molecule has 1 aliphatic heterocycles. The number of carbonyl (C=O) groups is 1. The fourth-order valence-corrected chi connectivity index (χ4v) is 3.30. The third-order valence-corrected chi connectivity index (χ3v) is 4.45. The van der Waals surface area contributed by atoms with Gasteiger partial charge in [-0.3, -0.25) is 9.59 Å². The Morgan fingerprint density at radius 2 is 2.00 bits per heavy atom. The van der Waals surface area contributed by atoms with E-state index in [-0.39, 0.29) is 11.3 Å². The molecule has 0 spiro atoms. The zero-order valence-corrected chi connectivity index (χ0v) is 13.2. The molecule has 1 amide bonds. The first-order chi connectivity index (χ1) is 12.0. The minimum Gasteiger partial charge on any atom is -0.346 e. The highest BCUT2D eigenvalue weighted by Crippen LogP contribution is 2.24. The minimum atomic E-state index is -0.891. The van der Waals surface area contributed by atoms with Crippen LogP contribution in [0.5, 0.6) is 0 Å². The molecule has 0 aliphatic carbocycles. The van der Waals surface area contributed by atoms with Crippen LogP contribution in [-0.2, 0) is 13.0 Å². The number of hydrogen-bond acceptors (Lipinski definition) is 2. The van der Waals surface area contributed by atoms with Gasteiger partial charge in [-0.05, 0) is 36.6 Å². The molecule has 0 saturated heterocycles. The average molecular weight is 340 g/mol. The van der Waals surface area contributed by atoms with E-state index in [4.69, 9.17) is 0 Å². The van der Waals surface area contributed by atoms with Crippen LogP contribution >= 0.6 is 0 Å². The number of aromatic nitrogens is 1. The quantitative estimate of drug-likeness (QED) is 0.776. The fourth-order valence-electron chi connectivity index (χ4n) is 3.30. The minimum absolute atomic E-state index is 0.0599. The topological polar surface area (TPSA) is 51.1 Å². The second-order valence-corrected chi connectivity index (χ2v) is 6.06. The Kier molecular flexibility index (Phi) is 3.60. The Balaban J connectivity index is 1.80. The molecule has 4 rings (SSSR count). The third-order valence-electron chi connectivity index (χ3n) is 4.45. The fraction of sp³-hybridized carbons (Fsp3) is 0.158. The molecule has 0 unspecified atom stereocenters. The van der Waals surface area contributed by atoms with Crippen LogP contribution in [0.2, 0.25) is 0 Å². The standard InChI is InChI=1S/C19H14F2N2O2/c20-12-6-7-16(15(21)9-12)22-19(25)14-10-23-8-2-4-11-3-1-5-13(17(11)23)18(14)24/h1,3,5-7,9-10H,2,4,8H2,(H,22,25). The highest BCUT2D eigenvalue weighted by atomic mass is 19.1. The van der Waals surface area contributed by atoms with Crippen LogP contribution < -0.4 is 10.7 Å². The zero-order chi connectivity index (χ0) is 17.6. The number of nitrogens with one attached hydrogen (secondary N) is 1. The summed E-state index contributed by atoms with van der Waals surface area (Å²) in [5, 5.41) is 2.83. The Morgan fingerprint density at radius 3 is 2.80 bits per heavy atom. The van der Waals surface area contributed by atoms with E-state index in [0.29, 0.717) is 18.0 Å². The molecule has 1 N–H and O–H groups in total. The van der Waals surface area contributed by atoms with Crippen molar-refractivity contribution in [2.45, 2.75) is 19.4 Å². The Hall–Kier alpha value is -3.02. The number of anilines is 1. The molecule has 2 aromatic carbocycles. The lowest BCUT2D eigenvalue weighted by atomic mass is 9.99. The number of benzene rings is 2. The second kappa shape index (κ2) is 5.81. The van der Waals surface area contributed by atoms with Gasteiger partial charge in [0.15, 0.2) is 0 Å². The monoisotopic (exact) mass is 340 g/mol. The van der Waals surface area contributed by atoms with Crippen LogP contribution in [0.3, 0.4) is 0 Å². The Labute approximate surface area is 141 Å². The third kappa shape index (κ3) is 2.59. The van der Waals surface area contributed by atoms with Crippen molar-refractivity contribution in [1.29, 1.82) is 0 Å². The summed E-state index contributed by atoms with van der Waals surface area (Å²) in [4.78, 5) is 25.2. The molecule has 0 fully saturated rings. The summed E-state index contributed by atoms with van der Waals surface area (Å²) in [5.74, 6) is -2.34. The molecule has 6 heteroatoms. The van der Waals surface area contributed by atoms with Gasteiger partial charge in [0.1, 0.15) is 17.2 Å². The molecule has 2 heterocycles. The second-order valence-electron chi connectivity index (χ2n) is 6.06. The van der Waals surface area contributed by atoms with Crippen molar-refractivity contribution >= 4 is 22.5 Å². The van der Waals surface area contributed by atoms with E-state index in [2.05, 4.69) is 5.32 Å². The maximum absolute atomic E-state index is 13.7. The number of amides is 1. The molecule has 0 bridgehead atoms. The predicted molar refractivity (Wildman–Crippen MR) is 90.8 cm³/mol. The molecular formula is C19H14F2N2O2. The summed E-state index contributed by atoms with van der Waals surface area (Å²) in [6.45, 7) is 0.707. The molecule has 1 aliphatic rings. The number of nitrogens with zero attached hydrogens (tertiary/aromatic N) is 1. The SMILES string of the molecule is O=C(Nc1ccc(F)cc1F)c1cn2c3c(cccc3c1=O)CCC2. The summed E-state index contributed by atoms with van der Waals surface area (Å²) < 4.78 is 28.6. The highest BCUT2D eigenvalue weighted by Gasteiger charge is 2.20. The lowest BCUT2D eigenvalue weighted by Crippen LogP contribution is -2.25. The predicted octanol–water partition coefficient (Wildman–Crippen LogP) is 3.48. The maximum Gasteiger partial charge on any atom is 0.261 e. The Bertz CT molecular complexity index is 1070. The number of rotatable bonds is 2. The highest BCUT2D eigenvalue weighted by molar-refractivity contribution is 6.06. The maximum atomic E-state index is 13.7. The molecule has 25 heavy (non-hydrogen) atoms. The molecule has 1 aromatic heterocycles. The molecule has 0 atom stereocenters. The van der Waals surface area contributed by atoms with Crippen molar-refractivity contribution < 1.29 is 13.6 Å². The van der Waals surface area contributed by atoms with Crippen LogP contribution in [-0.4, -0.2) is 10.5 Å². The number of para-hydroxylation sites is 1. The van der Waals surface area contributed by atoms with Crippen LogP contribution in [0.4, 0.5) is 14.5 Å². The van der Waals surface area contributed by atoms with Crippen molar-refractivity contribution in [2.24, 2.45) is 0 Å². The van der Waals surface area contributed by atoms with E-state index in [1.807, 2.05) is 10.6 Å².